The number of fused-ring (bicyclic) bond motifs is 1. The van der Waals surface area contributed by atoms with Gasteiger partial charge < -0.3 is 21.1 Å². The Morgan fingerprint density at radius 2 is 1.80 bits per heavy atom. The number of carbonyl (C=O) groups is 1. The number of ether oxygens (including phenoxy) is 1. The highest BCUT2D eigenvalue weighted by Gasteiger charge is 2.14. The van der Waals surface area contributed by atoms with Crippen LogP contribution in [0.25, 0.3) is 10.9 Å². The Hall–Kier alpha value is -3.72. The first-order chi connectivity index (χ1) is 14.5. The lowest BCUT2D eigenvalue weighted by atomic mass is 10.2. The smallest absolute Gasteiger partial charge is 0.248 e. The molecule has 0 aliphatic rings. The Bertz CT molecular complexity index is 1230. The summed E-state index contributed by atoms with van der Waals surface area (Å²) in [4.78, 5) is 23.9. The van der Waals surface area contributed by atoms with E-state index in [9.17, 15) is 4.79 Å². The highest BCUT2D eigenvalue weighted by Crippen LogP contribution is 2.36. The van der Waals surface area contributed by atoms with E-state index in [2.05, 4.69) is 41.5 Å². The summed E-state index contributed by atoms with van der Waals surface area (Å²) in [5.41, 5.74) is 8.64. The molecule has 2 heterocycles. The van der Waals surface area contributed by atoms with Crippen LogP contribution in [0.5, 0.6) is 11.6 Å². The fourth-order valence-corrected chi connectivity index (χ4v) is 3.29. The van der Waals surface area contributed by atoms with Crippen molar-refractivity contribution in [2.75, 3.05) is 16.4 Å². The second-order valence-corrected chi connectivity index (χ2v) is 7.23. The molecule has 4 aromatic rings. The lowest BCUT2D eigenvalue weighted by molar-refractivity contribution is -0.114. The van der Waals surface area contributed by atoms with Crippen LogP contribution in [-0.2, 0) is 4.79 Å². The first-order valence-electron chi connectivity index (χ1n) is 8.97. The van der Waals surface area contributed by atoms with Gasteiger partial charge in [0.25, 0.3) is 0 Å². The van der Waals surface area contributed by atoms with Gasteiger partial charge in [-0.2, -0.15) is 4.98 Å². The number of halogens is 1. The zero-order valence-electron chi connectivity index (χ0n) is 15.9. The summed E-state index contributed by atoms with van der Waals surface area (Å²) >= 11 is 3.52. The summed E-state index contributed by atoms with van der Waals surface area (Å²) in [5, 5.41) is 6.77. The number of anilines is 4. The number of hydrogen-bond acceptors (Lipinski definition) is 7. The van der Waals surface area contributed by atoms with Gasteiger partial charge in [0.2, 0.25) is 11.8 Å². The van der Waals surface area contributed by atoms with Crippen molar-refractivity contribution in [1.29, 1.82) is 0 Å². The maximum Gasteiger partial charge on any atom is 0.248 e. The maximum atomic E-state index is 11.1. The van der Waals surface area contributed by atoms with Gasteiger partial charge in [-0.05, 0) is 42.5 Å². The van der Waals surface area contributed by atoms with Gasteiger partial charge in [-0.3, -0.25) is 9.78 Å². The minimum Gasteiger partial charge on any atom is -0.435 e. The van der Waals surface area contributed by atoms with E-state index in [1.807, 2.05) is 18.2 Å². The van der Waals surface area contributed by atoms with Crippen LogP contribution in [0.4, 0.5) is 22.9 Å². The van der Waals surface area contributed by atoms with E-state index in [1.54, 1.807) is 36.5 Å². The molecule has 0 atom stereocenters. The van der Waals surface area contributed by atoms with Crippen molar-refractivity contribution in [1.82, 2.24) is 15.0 Å². The number of amides is 1. The summed E-state index contributed by atoms with van der Waals surface area (Å²) in [6.45, 7) is 1.46. The number of nitrogen functional groups attached to an aromatic ring is 1. The molecule has 0 aliphatic carbocycles. The number of hydrogen-bond donors (Lipinski definition) is 3. The average molecular weight is 465 g/mol. The predicted molar refractivity (Wildman–Crippen MR) is 120 cm³/mol. The standard InChI is InChI=1S/C21H17BrN6O2/c1-12(29)27-13-4-6-14(7-5-13)28-20-18(23)21(26-11-25-20)30-17-9-8-16(22)15-3-2-10-24-19(15)17/h2-11H,23H2,1H3,(H,27,29)(H,25,26,28). The molecule has 4 N–H and O–H groups in total. The quantitative estimate of drug-likeness (QED) is 0.386. The van der Waals surface area contributed by atoms with Crippen molar-refractivity contribution in [3.05, 3.63) is 65.5 Å². The zero-order chi connectivity index (χ0) is 21.1. The monoisotopic (exact) mass is 464 g/mol. The molecule has 150 valence electrons. The fourth-order valence-electron chi connectivity index (χ4n) is 2.84. The molecule has 1 amide bonds. The van der Waals surface area contributed by atoms with Crippen LogP contribution in [0.15, 0.2) is 65.5 Å². The topological polar surface area (TPSA) is 115 Å². The predicted octanol–water partition coefficient (Wildman–Crippen LogP) is 4.86. The molecule has 0 fully saturated rings. The SMILES string of the molecule is CC(=O)Nc1ccc(Nc2ncnc(Oc3ccc(Br)c4cccnc34)c2N)cc1. The number of nitrogens with zero attached hydrogens (tertiary/aromatic N) is 3. The number of carbonyl (C=O) groups excluding carboxylic acids is 1. The van der Waals surface area contributed by atoms with Crippen LogP contribution in [-0.4, -0.2) is 20.9 Å². The molecule has 0 unspecified atom stereocenters. The number of rotatable bonds is 5. The van der Waals surface area contributed by atoms with Gasteiger partial charge in [0, 0.05) is 34.4 Å². The third-order valence-corrected chi connectivity index (χ3v) is 4.89. The van der Waals surface area contributed by atoms with Crippen molar-refractivity contribution in [3.8, 4) is 11.6 Å². The molecular weight excluding hydrogens is 448 g/mol. The van der Waals surface area contributed by atoms with E-state index in [-0.39, 0.29) is 17.5 Å². The van der Waals surface area contributed by atoms with Crippen LogP contribution in [0, 0.1) is 0 Å². The summed E-state index contributed by atoms with van der Waals surface area (Å²) in [7, 11) is 0. The van der Waals surface area contributed by atoms with Crippen molar-refractivity contribution in [2.24, 2.45) is 0 Å². The molecule has 0 aliphatic heterocycles. The lowest BCUT2D eigenvalue weighted by Gasteiger charge is -2.13. The molecule has 0 radical (unpaired) electrons. The number of nitrogens with one attached hydrogen (secondary N) is 2. The summed E-state index contributed by atoms with van der Waals surface area (Å²) in [6, 6.07) is 14.6. The lowest BCUT2D eigenvalue weighted by Crippen LogP contribution is -2.06. The van der Waals surface area contributed by atoms with E-state index in [0.717, 1.165) is 15.5 Å². The van der Waals surface area contributed by atoms with Crippen LogP contribution < -0.4 is 21.1 Å². The number of aromatic nitrogens is 3. The Morgan fingerprint density at radius 3 is 2.57 bits per heavy atom. The van der Waals surface area contributed by atoms with Crippen LogP contribution in [0.3, 0.4) is 0 Å². The summed E-state index contributed by atoms with van der Waals surface area (Å²) < 4.78 is 6.89. The summed E-state index contributed by atoms with van der Waals surface area (Å²) in [6.07, 6.45) is 3.07. The van der Waals surface area contributed by atoms with Crippen LogP contribution >= 0.6 is 15.9 Å². The molecule has 30 heavy (non-hydrogen) atoms. The summed E-state index contributed by atoms with van der Waals surface area (Å²) in [5.74, 6) is 1.02. The molecule has 4 rings (SSSR count). The molecule has 0 spiro atoms. The minimum atomic E-state index is -0.132. The van der Waals surface area contributed by atoms with Gasteiger partial charge in [-0.25, -0.2) is 4.98 Å². The Labute approximate surface area is 180 Å². The van der Waals surface area contributed by atoms with Crippen LogP contribution in [0.1, 0.15) is 6.92 Å². The first-order valence-corrected chi connectivity index (χ1v) is 9.77. The molecule has 0 saturated carbocycles. The Morgan fingerprint density at radius 1 is 1.03 bits per heavy atom. The largest absolute Gasteiger partial charge is 0.435 e. The minimum absolute atomic E-state index is 0.132. The highest BCUT2D eigenvalue weighted by molar-refractivity contribution is 9.10. The van der Waals surface area contributed by atoms with Crippen molar-refractivity contribution in [3.63, 3.8) is 0 Å². The van der Waals surface area contributed by atoms with Crippen molar-refractivity contribution in [2.45, 2.75) is 6.92 Å². The van der Waals surface area contributed by atoms with Gasteiger partial charge in [-0.15, -0.1) is 0 Å². The molecule has 2 aromatic carbocycles. The highest BCUT2D eigenvalue weighted by atomic mass is 79.9. The molecule has 0 saturated heterocycles. The first kappa shape index (κ1) is 19.6. The average Bonchev–Trinajstić information content (AvgIpc) is 2.74. The third kappa shape index (κ3) is 4.15. The van der Waals surface area contributed by atoms with Crippen molar-refractivity contribution >= 4 is 55.6 Å². The van der Waals surface area contributed by atoms with Gasteiger partial charge >= 0.3 is 0 Å². The molecule has 8 nitrogen and oxygen atoms in total. The zero-order valence-corrected chi connectivity index (χ0v) is 17.5. The molecule has 2 aromatic heterocycles. The second-order valence-electron chi connectivity index (χ2n) is 6.37. The van der Waals surface area contributed by atoms with Crippen LogP contribution in [0.2, 0.25) is 0 Å². The van der Waals surface area contributed by atoms with Gasteiger partial charge in [-0.1, -0.05) is 22.0 Å². The molecule has 9 heteroatoms. The van der Waals surface area contributed by atoms with Gasteiger partial charge in [0.15, 0.2) is 11.6 Å². The molecular formula is C21H17BrN6O2. The normalized spacial score (nSPS) is 10.6. The van der Waals surface area contributed by atoms with Gasteiger partial charge in [0.05, 0.1) is 0 Å². The van der Waals surface area contributed by atoms with Gasteiger partial charge in [0.1, 0.15) is 17.5 Å². The van der Waals surface area contributed by atoms with E-state index in [1.165, 1.54) is 13.3 Å². The Kier molecular flexibility index (Phi) is 5.44. The number of pyridine rings is 1. The van der Waals surface area contributed by atoms with E-state index >= 15 is 0 Å². The molecule has 0 bridgehead atoms. The number of benzene rings is 2. The third-order valence-electron chi connectivity index (χ3n) is 4.20. The fraction of sp³-hybridized carbons (Fsp3) is 0.0476. The maximum absolute atomic E-state index is 11.1. The second kappa shape index (κ2) is 8.34. The van der Waals surface area contributed by atoms with Crippen molar-refractivity contribution < 1.29 is 9.53 Å². The number of nitrogens with two attached hydrogens (primary N) is 1. The van der Waals surface area contributed by atoms with E-state index < -0.39 is 0 Å². The van der Waals surface area contributed by atoms with E-state index in [0.29, 0.717) is 22.8 Å². The Balaban J connectivity index is 1.60. The van der Waals surface area contributed by atoms with E-state index in [4.69, 9.17) is 10.5 Å².